The van der Waals surface area contributed by atoms with Crippen molar-refractivity contribution in [2.45, 2.75) is 52.5 Å². The lowest BCUT2D eigenvalue weighted by Gasteiger charge is -2.42. The topological polar surface area (TPSA) is 29.5 Å². The summed E-state index contributed by atoms with van der Waals surface area (Å²) < 4.78 is 5.01. The van der Waals surface area contributed by atoms with Gasteiger partial charge < -0.3 is 4.74 Å². The van der Waals surface area contributed by atoms with Crippen molar-refractivity contribution in [1.82, 2.24) is 4.90 Å². The van der Waals surface area contributed by atoms with E-state index in [1.165, 1.54) is 12.8 Å². The van der Waals surface area contributed by atoms with Crippen molar-refractivity contribution in [3.05, 3.63) is 0 Å². The molecule has 0 N–H and O–H groups in total. The van der Waals surface area contributed by atoms with Gasteiger partial charge in [0.25, 0.3) is 0 Å². The highest BCUT2D eigenvalue weighted by molar-refractivity contribution is 5.70. The quantitative estimate of drug-likeness (QED) is 0.658. The van der Waals surface area contributed by atoms with Crippen molar-refractivity contribution < 1.29 is 9.53 Å². The Kier molecular flexibility index (Phi) is 3.76. The number of rotatable bonds is 1. The Morgan fingerprint density at radius 1 is 1.18 bits per heavy atom. The van der Waals surface area contributed by atoms with Crippen LogP contribution in [0.25, 0.3) is 0 Å². The summed E-state index contributed by atoms with van der Waals surface area (Å²) in [6.45, 7) is 9.93. The van der Waals surface area contributed by atoms with Gasteiger partial charge >= 0.3 is 5.97 Å². The van der Waals surface area contributed by atoms with Crippen molar-refractivity contribution >= 4 is 5.97 Å². The van der Waals surface area contributed by atoms with E-state index in [2.05, 4.69) is 25.7 Å². The summed E-state index contributed by atoms with van der Waals surface area (Å²) in [6.07, 6.45) is 4.16. The molecule has 2 heterocycles. The van der Waals surface area contributed by atoms with Crippen molar-refractivity contribution in [3.63, 3.8) is 0 Å². The van der Waals surface area contributed by atoms with Gasteiger partial charge in [-0.2, -0.15) is 0 Å². The number of carbonyl (C=O) groups is 1. The van der Waals surface area contributed by atoms with Gasteiger partial charge in [-0.1, -0.05) is 20.8 Å². The van der Waals surface area contributed by atoms with Crippen LogP contribution in [-0.2, 0) is 9.53 Å². The van der Waals surface area contributed by atoms with Gasteiger partial charge in [-0.3, -0.25) is 9.69 Å². The first-order valence-corrected chi connectivity index (χ1v) is 6.86. The number of likely N-dealkylation sites (tertiary alicyclic amines) is 1. The molecule has 98 valence electrons. The number of ether oxygens (including phenoxy) is 1. The molecular formula is C14H25NO2. The monoisotopic (exact) mass is 239 g/mol. The zero-order chi connectivity index (χ0) is 12.5. The molecule has 0 radical (unpaired) electrons. The average molecular weight is 239 g/mol. The Bertz CT molecular complexity index is 274. The van der Waals surface area contributed by atoms with Crippen LogP contribution in [0.1, 0.15) is 46.5 Å². The first-order valence-electron chi connectivity index (χ1n) is 6.86. The molecule has 3 heteroatoms. The van der Waals surface area contributed by atoms with E-state index in [0.717, 1.165) is 25.4 Å². The molecular weight excluding hydrogens is 214 g/mol. The van der Waals surface area contributed by atoms with Gasteiger partial charge in [0.15, 0.2) is 0 Å². The van der Waals surface area contributed by atoms with Gasteiger partial charge in [-0.25, -0.2) is 0 Å². The fraction of sp³-hybridized carbons (Fsp3) is 0.929. The summed E-state index contributed by atoms with van der Waals surface area (Å²) in [5.74, 6) is 0.813. The lowest BCUT2D eigenvalue weighted by atomic mass is 9.75. The third kappa shape index (κ3) is 3.21. The predicted molar refractivity (Wildman–Crippen MR) is 67.7 cm³/mol. The number of cyclic esters (lactones) is 1. The van der Waals surface area contributed by atoms with Gasteiger partial charge in [0.1, 0.15) is 0 Å². The Morgan fingerprint density at radius 2 is 1.82 bits per heavy atom. The standard InChI is InChI=1S/C14H25NO2/c1-14(2,3)11-4-7-15(8-5-11)12-6-9-17-13(16)10-12/h11-12H,4-10H2,1-3H3. The third-order valence-corrected chi connectivity index (χ3v) is 4.39. The molecule has 2 aliphatic rings. The fourth-order valence-electron chi connectivity index (χ4n) is 3.10. The molecule has 2 fully saturated rings. The van der Waals surface area contributed by atoms with E-state index in [4.69, 9.17) is 4.74 Å². The van der Waals surface area contributed by atoms with Gasteiger partial charge in [0, 0.05) is 6.04 Å². The number of hydrogen-bond acceptors (Lipinski definition) is 3. The zero-order valence-corrected chi connectivity index (χ0v) is 11.4. The van der Waals surface area contributed by atoms with Crippen LogP contribution >= 0.6 is 0 Å². The van der Waals surface area contributed by atoms with Crippen LogP contribution < -0.4 is 0 Å². The van der Waals surface area contributed by atoms with Crippen LogP contribution in [0.3, 0.4) is 0 Å². The summed E-state index contributed by atoms with van der Waals surface area (Å²) >= 11 is 0. The van der Waals surface area contributed by atoms with Crippen LogP contribution in [0, 0.1) is 11.3 Å². The summed E-state index contributed by atoms with van der Waals surface area (Å²) in [7, 11) is 0. The maximum Gasteiger partial charge on any atom is 0.307 e. The summed E-state index contributed by atoms with van der Waals surface area (Å²) in [6, 6.07) is 0.442. The SMILES string of the molecule is CC(C)(C)C1CCN(C2CCOC(=O)C2)CC1. The second-order valence-corrected chi connectivity index (χ2v) is 6.54. The van der Waals surface area contributed by atoms with Gasteiger partial charge in [-0.15, -0.1) is 0 Å². The van der Waals surface area contributed by atoms with E-state index in [9.17, 15) is 4.79 Å². The van der Waals surface area contributed by atoms with E-state index >= 15 is 0 Å². The highest BCUT2D eigenvalue weighted by Crippen LogP contribution is 2.35. The molecule has 2 aliphatic heterocycles. The average Bonchev–Trinajstić information content (AvgIpc) is 2.28. The number of esters is 1. The van der Waals surface area contributed by atoms with Crippen molar-refractivity contribution in [3.8, 4) is 0 Å². The number of hydrogen-bond donors (Lipinski definition) is 0. The largest absolute Gasteiger partial charge is 0.466 e. The molecule has 1 atom stereocenters. The Labute approximate surface area is 105 Å². The first-order chi connectivity index (χ1) is 7.97. The van der Waals surface area contributed by atoms with Crippen LogP contribution in [-0.4, -0.2) is 36.6 Å². The molecule has 0 spiro atoms. The Balaban J connectivity index is 1.84. The molecule has 17 heavy (non-hydrogen) atoms. The molecule has 3 nitrogen and oxygen atoms in total. The van der Waals surface area contributed by atoms with Crippen molar-refractivity contribution in [2.75, 3.05) is 19.7 Å². The zero-order valence-electron chi connectivity index (χ0n) is 11.4. The van der Waals surface area contributed by atoms with E-state index in [1.807, 2.05) is 0 Å². The molecule has 0 aromatic rings. The summed E-state index contributed by atoms with van der Waals surface area (Å²) in [5.41, 5.74) is 0.428. The third-order valence-electron chi connectivity index (χ3n) is 4.39. The Hall–Kier alpha value is -0.570. The fourth-order valence-corrected chi connectivity index (χ4v) is 3.10. The van der Waals surface area contributed by atoms with Gasteiger partial charge in [0.2, 0.25) is 0 Å². The van der Waals surface area contributed by atoms with Crippen molar-refractivity contribution in [2.24, 2.45) is 11.3 Å². The highest BCUT2D eigenvalue weighted by Gasteiger charge is 2.33. The molecule has 0 bridgehead atoms. The highest BCUT2D eigenvalue weighted by atomic mass is 16.5. The molecule has 0 aromatic heterocycles. The molecule has 2 saturated heterocycles. The number of nitrogens with zero attached hydrogens (tertiary/aromatic N) is 1. The maximum atomic E-state index is 11.3. The van der Waals surface area contributed by atoms with E-state index in [-0.39, 0.29) is 5.97 Å². The molecule has 0 aliphatic carbocycles. The van der Waals surface area contributed by atoms with Crippen LogP contribution in [0.15, 0.2) is 0 Å². The van der Waals surface area contributed by atoms with Gasteiger partial charge in [-0.05, 0) is 43.7 Å². The molecule has 0 amide bonds. The van der Waals surface area contributed by atoms with Crippen LogP contribution in [0.4, 0.5) is 0 Å². The van der Waals surface area contributed by atoms with E-state index in [1.54, 1.807) is 0 Å². The smallest absolute Gasteiger partial charge is 0.307 e. The minimum absolute atomic E-state index is 0.0146. The molecule has 1 unspecified atom stereocenters. The second kappa shape index (κ2) is 4.97. The van der Waals surface area contributed by atoms with Gasteiger partial charge in [0.05, 0.1) is 13.0 Å². The molecule has 0 aromatic carbocycles. The lowest BCUT2D eigenvalue weighted by molar-refractivity contribution is -0.150. The first kappa shape index (κ1) is 12.9. The van der Waals surface area contributed by atoms with E-state index < -0.39 is 0 Å². The van der Waals surface area contributed by atoms with Crippen LogP contribution in [0.5, 0.6) is 0 Å². The normalized spacial score (nSPS) is 29.1. The second-order valence-electron chi connectivity index (χ2n) is 6.54. The number of piperidine rings is 1. The minimum atomic E-state index is -0.0146. The van der Waals surface area contributed by atoms with E-state index in [0.29, 0.717) is 24.5 Å². The summed E-state index contributed by atoms with van der Waals surface area (Å²) in [5, 5.41) is 0. The minimum Gasteiger partial charge on any atom is -0.466 e. The maximum absolute atomic E-state index is 11.3. The molecule has 0 saturated carbocycles. The van der Waals surface area contributed by atoms with Crippen molar-refractivity contribution in [1.29, 1.82) is 0 Å². The Morgan fingerprint density at radius 3 is 2.35 bits per heavy atom. The summed E-state index contributed by atoms with van der Waals surface area (Å²) in [4.78, 5) is 13.8. The number of carbonyl (C=O) groups excluding carboxylic acids is 1. The predicted octanol–water partition coefficient (Wildman–Crippen LogP) is 2.45. The van der Waals surface area contributed by atoms with Crippen LogP contribution in [0.2, 0.25) is 0 Å². The lowest BCUT2D eigenvalue weighted by Crippen LogP contribution is -2.46. The molecule has 2 rings (SSSR count).